The average molecular weight is 205 g/mol. The molecule has 1 nitrogen and oxygen atoms in total. The van der Waals surface area contributed by atoms with Gasteiger partial charge >= 0.3 is 0 Å². The molecule has 0 aromatic heterocycles. The Labute approximate surface area is 81.9 Å². The molecule has 0 aliphatic rings. The highest BCUT2D eigenvalue weighted by Gasteiger charge is 1.98. The lowest BCUT2D eigenvalue weighted by Crippen LogP contribution is -1.90. The van der Waals surface area contributed by atoms with Crippen LogP contribution in [0.3, 0.4) is 0 Å². The lowest BCUT2D eigenvalue weighted by atomic mass is 10.1. The normalized spacial score (nSPS) is 10.2. The maximum atomic E-state index is 8.86. The monoisotopic (exact) mass is 204 g/mol. The number of hydrogen-bond acceptors (Lipinski definition) is 1. The molecule has 0 spiro atoms. The van der Waals surface area contributed by atoms with E-state index in [1.165, 1.54) is 0 Å². The SMILES string of the molecule is OCc1cc(Cl)cc(CCCl)c1. The molecule has 0 aliphatic heterocycles. The van der Waals surface area contributed by atoms with Crippen molar-refractivity contribution >= 4 is 23.2 Å². The maximum Gasteiger partial charge on any atom is 0.0682 e. The van der Waals surface area contributed by atoms with Gasteiger partial charge in [0.1, 0.15) is 0 Å². The Kier molecular flexibility index (Phi) is 3.86. The highest BCUT2D eigenvalue weighted by molar-refractivity contribution is 6.30. The molecule has 1 N–H and O–H groups in total. The van der Waals surface area contributed by atoms with Crippen molar-refractivity contribution in [2.24, 2.45) is 0 Å². The predicted molar refractivity (Wildman–Crippen MR) is 51.8 cm³/mol. The first-order valence-corrected chi connectivity index (χ1v) is 4.62. The van der Waals surface area contributed by atoms with E-state index in [1.807, 2.05) is 12.1 Å². The van der Waals surface area contributed by atoms with Gasteiger partial charge in [-0.2, -0.15) is 0 Å². The number of aryl methyl sites for hydroxylation is 1. The highest BCUT2D eigenvalue weighted by atomic mass is 35.5. The zero-order chi connectivity index (χ0) is 8.97. The Hall–Kier alpha value is -0.240. The van der Waals surface area contributed by atoms with Gasteiger partial charge in [0.2, 0.25) is 0 Å². The summed E-state index contributed by atoms with van der Waals surface area (Å²) in [5, 5.41) is 9.52. The van der Waals surface area contributed by atoms with Gasteiger partial charge < -0.3 is 5.11 Å². The van der Waals surface area contributed by atoms with Crippen LogP contribution in [0.5, 0.6) is 0 Å². The van der Waals surface area contributed by atoms with Gasteiger partial charge in [0.05, 0.1) is 6.61 Å². The van der Waals surface area contributed by atoms with Crippen LogP contribution >= 0.6 is 23.2 Å². The van der Waals surface area contributed by atoms with Gasteiger partial charge in [0.15, 0.2) is 0 Å². The third kappa shape index (κ3) is 2.67. The van der Waals surface area contributed by atoms with Crippen LogP contribution in [-0.2, 0) is 13.0 Å². The largest absolute Gasteiger partial charge is 0.392 e. The van der Waals surface area contributed by atoms with E-state index in [2.05, 4.69) is 0 Å². The first-order chi connectivity index (χ1) is 5.76. The number of rotatable bonds is 3. The Bertz CT molecular complexity index is 261. The molecular weight excluding hydrogens is 195 g/mol. The minimum Gasteiger partial charge on any atom is -0.392 e. The summed E-state index contributed by atoms with van der Waals surface area (Å²) in [6.45, 7) is 0.0237. The van der Waals surface area contributed by atoms with Crippen LogP contribution < -0.4 is 0 Å². The van der Waals surface area contributed by atoms with Crippen molar-refractivity contribution in [3.05, 3.63) is 34.3 Å². The molecule has 1 rings (SSSR count). The van der Waals surface area contributed by atoms with Crippen molar-refractivity contribution in [2.75, 3.05) is 5.88 Å². The third-order valence-corrected chi connectivity index (χ3v) is 1.99. The standard InChI is InChI=1S/C9H10Cl2O/c10-2-1-7-3-8(6-12)5-9(11)4-7/h3-5,12H,1-2,6H2. The quantitative estimate of drug-likeness (QED) is 0.752. The van der Waals surface area contributed by atoms with Crippen LogP contribution in [0.2, 0.25) is 5.02 Å². The fourth-order valence-electron chi connectivity index (χ4n) is 1.06. The van der Waals surface area contributed by atoms with Gasteiger partial charge in [-0.1, -0.05) is 17.7 Å². The molecule has 0 saturated heterocycles. The van der Waals surface area contributed by atoms with Gasteiger partial charge in [-0.3, -0.25) is 0 Å². The van der Waals surface area contributed by atoms with E-state index in [0.29, 0.717) is 10.9 Å². The second kappa shape index (κ2) is 4.70. The smallest absolute Gasteiger partial charge is 0.0682 e. The van der Waals surface area contributed by atoms with E-state index >= 15 is 0 Å². The zero-order valence-corrected chi connectivity index (χ0v) is 8.07. The van der Waals surface area contributed by atoms with Gasteiger partial charge in [0.25, 0.3) is 0 Å². The van der Waals surface area contributed by atoms with Crippen LogP contribution in [0.4, 0.5) is 0 Å². The zero-order valence-electron chi connectivity index (χ0n) is 6.56. The molecule has 0 aliphatic carbocycles. The molecule has 66 valence electrons. The van der Waals surface area contributed by atoms with Crippen LogP contribution in [0.25, 0.3) is 0 Å². The number of halogens is 2. The first-order valence-electron chi connectivity index (χ1n) is 3.71. The molecule has 0 unspecified atom stereocenters. The molecule has 0 radical (unpaired) electrons. The van der Waals surface area contributed by atoms with Gasteiger partial charge in [0, 0.05) is 10.9 Å². The number of aliphatic hydroxyl groups excluding tert-OH is 1. The van der Waals surface area contributed by atoms with Crippen molar-refractivity contribution in [3.63, 3.8) is 0 Å². The van der Waals surface area contributed by atoms with Gasteiger partial charge in [-0.05, 0) is 29.7 Å². The Morgan fingerprint density at radius 2 is 1.83 bits per heavy atom. The molecule has 0 bridgehead atoms. The molecule has 3 heteroatoms. The second-order valence-electron chi connectivity index (χ2n) is 2.56. The summed E-state index contributed by atoms with van der Waals surface area (Å²) in [5.74, 6) is 0.575. The summed E-state index contributed by atoms with van der Waals surface area (Å²) in [4.78, 5) is 0. The third-order valence-electron chi connectivity index (χ3n) is 1.58. The van der Waals surface area contributed by atoms with Crippen LogP contribution in [0, 0.1) is 0 Å². The van der Waals surface area contributed by atoms with Gasteiger partial charge in [-0.15, -0.1) is 11.6 Å². The van der Waals surface area contributed by atoms with Crippen molar-refractivity contribution in [3.8, 4) is 0 Å². The Morgan fingerprint density at radius 3 is 2.42 bits per heavy atom. The van der Waals surface area contributed by atoms with Crippen LogP contribution in [-0.4, -0.2) is 11.0 Å². The summed E-state index contributed by atoms with van der Waals surface area (Å²) in [7, 11) is 0. The molecule has 12 heavy (non-hydrogen) atoms. The summed E-state index contributed by atoms with van der Waals surface area (Å²) in [6.07, 6.45) is 0.787. The van der Waals surface area contributed by atoms with Gasteiger partial charge in [-0.25, -0.2) is 0 Å². The Balaban J connectivity index is 2.90. The summed E-state index contributed by atoms with van der Waals surface area (Å²) < 4.78 is 0. The van der Waals surface area contributed by atoms with E-state index in [9.17, 15) is 0 Å². The molecule has 0 fully saturated rings. The highest BCUT2D eigenvalue weighted by Crippen LogP contribution is 2.15. The number of alkyl halides is 1. The van der Waals surface area contributed by atoms with E-state index in [1.54, 1.807) is 6.07 Å². The van der Waals surface area contributed by atoms with Crippen LogP contribution in [0.1, 0.15) is 11.1 Å². The summed E-state index contributed by atoms with van der Waals surface area (Å²) >= 11 is 11.4. The van der Waals surface area contributed by atoms with E-state index in [0.717, 1.165) is 17.5 Å². The average Bonchev–Trinajstić information content (AvgIpc) is 2.04. The minimum absolute atomic E-state index is 0.0237. The maximum absolute atomic E-state index is 8.86. The molecule has 0 atom stereocenters. The fraction of sp³-hybridized carbons (Fsp3) is 0.333. The second-order valence-corrected chi connectivity index (χ2v) is 3.38. The molecule has 1 aromatic rings. The Morgan fingerprint density at radius 1 is 1.17 bits per heavy atom. The fourth-order valence-corrected chi connectivity index (χ4v) is 1.56. The van der Waals surface area contributed by atoms with Crippen molar-refractivity contribution < 1.29 is 5.11 Å². The number of hydrogen-bond donors (Lipinski definition) is 1. The number of aliphatic hydroxyl groups is 1. The lowest BCUT2D eigenvalue weighted by Gasteiger charge is -2.02. The molecule has 0 amide bonds. The first kappa shape index (κ1) is 9.85. The van der Waals surface area contributed by atoms with Crippen LogP contribution in [0.15, 0.2) is 18.2 Å². The van der Waals surface area contributed by atoms with E-state index < -0.39 is 0 Å². The topological polar surface area (TPSA) is 20.2 Å². The number of benzene rings is 1. The summed E-state index contributed by atoms with van der Waals surface area (Å²) in [5.41, 5.74) is 1.91. The van der Waals surface area contributed by atoms with Crippen molar-refractivity contribution in [1.82, 2.24) is 0 Å². The van der Waals surface area contributed by atoms with Crippen molar-refractivity contribution in [1.29, 1.82) is 0 Å². The minimum atomic E-state index is 0.0237. The molecule has 0 heterocycles. The summed E-state index contributed by atoms with van der Waals surface area (Å²) in [6, 6.07) is 5.52. The molecule has 0 saturated carbocycles. The lowest BCUT2D eigenvalue weighted by molar-refractivity contribution is 0.281. The predicted octanol–water partition coefficient (Wildman–Crippen LogP) is 2.61. The van der Waals surface area contributed by atoms with Crippen molar-refractivity contribution in [2.45, 2.75) is 13.0 Å². The molecular formula is C9H10Cl2O. The van der Waals surface area contributed by atoms with E-state index in [4.69, 9.17) is 28.3 Å². The molecule has 1 aromatic carbocycles. The van der Waals surface area contributed by atoms with E-state index in [-0.39, 0.29) is 6.61 Å².